The van der Waals surface area contributed by atoms with Gasteiger partial charge in [0.2, 0.25) is 0 Å². The van der Waals surface area contributed by atoms with Gasteiger partial charge in [0.15, 0.2) is 6.61 Å². The lowest BCUT2D eigenvalue weighted by molar-refractivity contribution is -0.139. The average molecular weight is 334 g/mol. The Morgan fingerprint density at radius 3 is 2.28 bits per heavy atom. The second-order valence-electron chi connectivity index (χ2n) is 5.64. The highest BCUT2D eigenvalue weighted by Crippen LogP contribution is 2.35. The third-order valence-electron chi connectivity index (χ3n) is 3.77. The zero-order valence-electron chi connectivity index (χ0n) is 13.5. The number of anilines is 2. The van der Waals surface area contributed by atoms with Crippen LogP contribution in [0.5, 0.6) is 5.75 Å². The summed E-state index contributed by atoms with van der Waals surface area (Å²) in [5, 5.41) is 8.76. The Labute approximate surface area is 145 Å². The molecule has 0 fully saturated rings. The third-order valence-corrected chi connectivity index (χ3v) is 3.77. The summed E-state index contributed by atoms with van der Waals surface area (Å²) in [6.45, 7) is -0.384. The maximum atomic E-state index is 10.7. The molecule has 0 atom stereocenters. The number of nitrogen functional groups attached to an aromatic ring is 2. The molecule has 0 radical (unpaired) electrons. The van der Waals surface area contributed by atoms with Crippen LogP contribution < -0.4 is 16.2 Å². The Hall–Kier alpha value is -3.47. The summed E-state index contributed by atoms with van der Waals surface area (Å²) < 4.78 is 5.27. The molecule has 0 amide bonds. The standard InChI is InChI=1S/C20H18N2O3/c21-15-6-4-13(5-7-15)18-9-8-16(22)11-19(18)14-2-1-3-17(10-14)25-12-20(23)24/h1-11H,12,21-22H2,(H,23,24). The van der Waals surface area contributed by atoms with E-state index < -0.39 is 5.97 Å². The molecule has 3 rings (SSSR count). The molecule has 0 aliphatic carbocycles. The molecular weight excluding hydrogens is 316 g/mol. The van der Waals surface area contributed by atoms with Crippen molar-refractivity contribution in [3.63, 3.8) is 0 Å². The van der Waals surface area contributed by atoms with Gasteiger partial charge in [0, 0.05) is 11.4 Å². The molecule has 126 valence electrons. The van der Waals surface area contributed by atoms with Gasteiger partial charge in [-0.2, -0.15) is 0 Å². The predicted molar refractivity (Wildman–Crippen MR) is 99.3 cm³/mol. The summed E-state index contributed by atoms with van der Waals surface area (Å²) in [4.78, 5) is 10.7. The van der Waals surface area contributed by atoms with Crippen molar-refractivity contribution in [3.05, 3.63) is 66.7 Å². The highest BCUT2D eigenvalue weighted by Gasteiger charge is 2.10. The SMILES string of the molecule is Nc1ccc(-c2ccc(N)cc2-c2cccc(OCC(=O)O)c2)cc1. The molecule has 3 aromatic rings. The van der Waals surface area contributed by atoms with E-state index in [4.69, 9.17) is 21.3 Å². The van der Waals surface area contributed by atoms with Gasteiger partial charge < -0.3 is 21.3 Å². The van der Waals surface area contributed by atoms with Crippen LogP contribution in [0.25, 0.3) is 22.3 Å². The number of hydrogen-bond acceptors (Lipinski definition) is 4. The number of rotatable bonds is 5. The molecule has 5 N–H and O–H groups in total. The number of carboxylic acids is 1. The van der Waals surface area contributed by atoms with E-state index >= 15 is 0 Å². The van der Waals surface area contributed by atoms with Crippen molar-refractivity contribution < 1.29 is 14.6 Å². The average Bonchev–Trinajstić information content (AvgIpc) is 2.61. The van der Waals surface area contributed by atoms with E-state index in [1.807, 2.05) is 54.6 Å². The molecule has 0 unspecified atom stereocenters. The van der Waals surface area contributed by atoms with Crippen LogP contribution in [0.4, 0.5) is 11.4 Å². The molecule has 5 nitrogen and oxygen atoms in total. The maximum absolute atomic E-state index is 10.7. The molecule has 25 heavy (non-hydrogen) atoms. The molecule has 0 bridgehead atoms. The normalized spacial score (nSPS) is 10.4. The van der Waals surface area contributed by atoms with Gasteiger partial charge in [0.1, 0.15) is 5.75 Å². The smallest absolute Gasteiger partial charge is 0.341 e. The van der Waals surface area contributed by atoms with Gasteiger partial charge in [-0.05, 0) is 58.7 Å². The summed E-state index contributed by atoms with van der Waals surface area (Å²) >= 11 is 0. The van der Waals surface area contributed by atoms with Crippen LogP contribution in [-0.2, 0) is 4.79 Å². The van der Waals surface area contributed by atoms with Crippen LogP contribution in [0.3, 0.4) is 0 Å². The number of benzene rings is 3. The quantitative estimate of drug-likeness (QED) is 0.619. The van der Waals surface area contributed by atoms with Gasteiger partial charge in [-0.1, -0.05) is 30.3 Å². The number of nitrogens with two attached hydrogens (primary N) is 2. The van der Waals surface area contributed by atoms with Crippen LogP contribution in [0.1, 0.15) is 0 Å². The molecule has 3 aromatic carbocycles. The molecule has 0 aliphatic rings. The first-order valence-electron chi connectivity index (χ1n) is 7.73. The van der Waals surface area contributed by atoms with Crippen molar-refractivity contribution >= 4 is 17.3 Å². The van der Waals surface area contributed by atoms with Crippen LogP contribution in [0.15, 0.2) is 66.7 Å². The fraction of sp³-hybridized carbons (Fsp3) is 0.0500. The molecule has 0 aliphatic heterocycles. The van der Waals surface area contributed by atoms with Crippen LogP contribution in [-0.4, -0.2) is 17.7 Å². The monoisotopic (exact) mass is 334 g/mol. The minimum absolute atomic E-state index is 0.384. The highest BCUT2D eigenvalue weighted by molar-refractivity contribution is 5.86. The van der Waals surface area contributed by atoms with E-state index in [0.29, 0.717) is 17.1 Å². The molecule has 0 saturated carbocycles. The van der Waals surface area contributed by atoms with E-state index in [-0.39, 0.29) is 6.61 Å². The van der Waals surface area contributed by atoms with Gasteiger partial charge in [0.05, 0.1) is 0 Å². The Bertz CT molecular complexity index is 905. The fourth-order valence-corrected chi connectivity index (χ4v) is 2.61. The van der Waals surface area contributed by atoms with E-state index in [2.05, 4.69) is 0 Å². The lowest BCUT2D eigenvalue weighted by Crippen LogP contribution is -2.09. The van der Waals surface area contributed by atoms with Crippen molar-refractivity contribution in [2.24, 2.45) is 0 Å². The Balaban J connectivity index is 2.04. The molecule has 5 heteroatoms. The lowest BCUT2D eigenvalue weighted by atomic mass is 9.94. The van der Waals surface area contributed by atoms with Gasteiger partial charge in [-0.3, -0.25) is 0 Å². The summed E-state index contributed by atoms with van der Waals surface area (Å²) in [6.07, 6.45) is 0. The van der Waals surface area contributed by atoms with Crippen LogP contribution >= 0.6 is 0 Å². The Morgan fingerprint density at radius 1 is 0.840 bits per heavy atom. The summed E-state index contributed by atoms with van der Waals surface area (Å²) in [5.41, 5.74) is 16.9. The van der Waals surface area contributed by atoms with Crippen molar-refractivity contribution in [1.29, 1.82) is 0 Å². The zero-order valence-corrected chi connectivity index (χ0v) is 13.5. The first-order valence-corrected chi connectivity index (χ1v) is 7.73. The van der Waals surface area contributed by atoms with Gasteiger partial charge in [-0.15, -0.1) is 0 Å². The maximum Gasteiger partial charge on any atom is 0.341 e. The Morgan fingerprint density at radius 2 is 1.56 bits per heavy atom. The number of hydrogen-bond donors (Lipinski definition) is 3. The number of ether oxygens (including phenoxy) is 1. The van der Waals surface area contributed by atoms with Crippen molar-refractivity contribution in [1.82, 2.24) is 0 Å². The van der Waals surface area contributed by atoms with Crippen LogP contribution in [0.2, 0.25) is 0 Å². The lowest BCUT2D eigenvalue weighted by Gasteiger charge is -2.13. The van der Waals surface area contributed by atoms with Crippen molar-refractivity contribution in [2.45, 2.75) is 0 Å². The number of aliphatic carboxylic acids is 1. The summed E-state index contributed by atoms with van der Waals surface area (Å²) in [5.74, 6) is -0.525. The highest BCUT2D eigenvalue weighted by atomic mass is 16.5. The molecule has 0 aromatic heterocycles. The number of carbonyl (C=O) groups is 1. The zero-order chi connectivity index (χ0) is 17.8. The van der Waals surface area contributed by atoms with E-state index in [1.165, 1.54) is 0 Å². The topological polar surface area (TPSA) is 98.6 Å². The van der Waals surface area contributed by atoms with E-state index in [1.54, 1.807) is 12.1 Å². The molecular formula is C20H18N2O3. The summed E-state index contributed by atoms with van der Waals surface area (Å²) in [6, 6.07) is 20.6. The van der Waals surface area contributed by atoms with Crippen molar-refractivity contribution in [2.75, 3.05) is 18.1 Å². The largest absolute Gasteiger partial charge is 0.482 e. The second-order valence-corrected chi connectivity index (χ2v) is 5.64. The molecule has 0 saturated heterocycles. The number of carboxylic acid groups (broad SMARTS) is 1. The van der Waals surface area contributed by atoms with Crippen LogP contribution in [0, 0.1) is 0 Å². The first-order chi connectivity index (χ1) is 12.0. The minimum atomic E-state index is -1.02. The second kappa shape index (κ2) is 6.97. The van der Waals surface area contributed by atoms with Gasteiger partial charge >= 0.3 is 5.97 Å². The van der Waals surface area contributed by atoms with Gasteiger partial charge in [0.25, 0.3) is 0 Å². The summed E-state index contributed by atoms with van der Waals surface area (Å²) in [7, 11) is 0. The molecule has 0 spiro atoms. The first kappa shape index (κ1) is 16.4. The van der Waals surface area contributed by atoms with Crippen molar-refractivity contribution in [3.8, 4) is 28.0 Å². The van der Waals surface area contributed by atoms with Gasteiger partial charge in [-0.25, -0.2) is 4.79 Å². The fourth-order valence-electron chi connectivity index (χ4n) is 2.61. The van der Waals surface area contributed by atoms with E-state index in [0.717, 1.165) is 22.3 Å². The van der Waals surface area contributed by atoms with E-state index in [9.17, 15) is 4.79 Å². The minimum Gasteiger partial charge on any atom is -0.482 e. The molecule has 0 heterocycles. The third kappa shape index (κ3) is 3.90. The predicted octanol–water partition coefficient (Wildman–Crippen LogP) is 3.65. The Kier molecular flexibility index (Phi) is 4.57.